The normalized spacial score (nSPS) is 14.6. The van der Waals surface area contributed by atoms with E-state index in [0.717, 1.165) is 23.8 Å². The molecule has 2 atom stereocenters. The summed E-state index contributed by atoms with van der Waals surface area (Å²) < 4.78 is 24.8. The summed E-state index contributed by atoms with van der Waals surface area (Å²) in [5, 5.41) is 2.96. The molecule has 0 fully saturated rings. The van der Waals surface area contributed by atoms with Gasteiger partial charge in [-0.25, -0.2) is 13.1 Å². The van der Waals surface area contributed by atoms with E-state index in [2.05, 4.69) is 23.9 Å². The molecule has 0 saturated heterocycles. The van der Waals surface area contributed by atoms with Gasteiger partial charge in [-0.2, -0.15) is 0 Å². The lowest BCUT2D eigenvalue weighted by atomic mass is 9.93. The number of nitrogens with one attached hydrogen (secondary N) is 2. The molecule has 1 aromatic rings. The lowest BCUT2D eigenvalue weighted by Gasteiger charge is -2.24. The van der Waals surface area contributed by atoms with Crippen molar-refractivity contribution >= 4 is 15.9 Å². The summed E-state index contributed by atoms with van der Waals surface area (Å²) in [4.78, 5) is 12.3. The Balaban J connectivity index is 2.91. The zero-order valence-electron chi connectivity index (χ0n) is 13.9. The number of hydrogen-bond donors (Lipinski definition) is 2. The zero-order valence-corrected chi connectivity index (χ0v) is 14.7. The number of hydrogen-bond acceptors (Lipinski definition) is 3. The van der Waals surface area contributed by atoms with Gasteiger partial charge in [0.1, 0.15) is 0 Å². The first-order valence-electron chi connectivity index (χ1n) is 7.43. The lowest BCUT2D eigenvalue weighted by Crippen LogP contribution is -2.45. The first kappa shape index (κ1) is 18.6. The average Bonchev–Trinajstić information content (AvgIpc) is 2.35. The van der Waals surface area contributed by atoms with Gasteiger partial charge in [-0.15, -0.1) is 0 Å². The molecular weight excluding hydrogens is 300 g/mol. The number of amides is 1. The molecule has 22 heavy (non-hydrogen) atoms. The molecule has 6 heteroatoms. The molecule has 5 nitrogen and oxygen atoms in total. The highest BCUT2D eigenvalue weighted by molar-refractivity contribution is 7.88. The summed E-state index contributed by atoms with van der Waals surface area (Å²) in [5.74, 6) is 0.0856. The van der Waals surface area contributed by atoms with Gasteiger partial charge < -0.3 is 5.32 Å². The van der Waals surface area contributed by atoms with Gasteiger partial charge in [-0.3, -0.25) is 4.79 Å². The summed E-state index contributed by atoms with van der Waals surface area (Å²) in [6.07, 6.45) is 1.84. The first-order chi connectivity index (χ1) is 10.1. The van der Waals surface area contributed by atoms with Crippen molar-refractivity contribution < 1.29 is 13.2 Å². The van der Waals surface area contributed by atoms with Gasteiger partial charge in [0.2, 0.25) is 15.9 Å². The number of sulfonamides is 1. The Morgan fingerprint density at radius 2 is 1.77 bits per heavy atom. The van der Waals surface area contributed by atoms with Crippen LogP contribution in [0.25, 0.3) is 0 Å². The Labute approximate surface area is 133 Å². The predicted molar refractivity (Wildman–Crippen MR) is 89.0 cm³/mol. The maximum absolute atomic E-state index is 12.3. The van der Waals surface area contributed by atoms with E-state index in [9.17, 15) is 13.2 Å². The third-order valence-corrected chi connectivity index (χ3v) is 4.15. The summed E-state index contributed by atoms with van der Waals surface area (Å²) in [5.41, 5.74) is 2.17. The van der Waals surface area contributed by atoms with E-state index in [1.54, 1.807) is 6.92 Å². The summed E-state index contributed by atoms with van der Waals surface area (Å²) in [7, 11) is -3.41. The van der Waals surface area contributed by atoms with Crippen molar-refractivity contribution in [2.24, 2.45) is 5.92 Å². The smallest absolute Gasteiger partial charge is 0.238 e. The van der Waals surface area contributed by atoms with E-state index in [1.165, 1.54) is 0 Å². The highest BCUT2D eigenvalue weighted by Crippen LogP contribution is 2.24. The van der Waals surface area contributed by atoms with Gasteiger partial charge in [-0.05, 0) is 37.3 Å². The Bertz CT molecular complexity index is 612. The van der Waals surface area contributed by atoms with E-state index in [0.29, 0.717) is 5.92 Å². The van der Waals surface area contributed by atoms with Crippen LogP contribution in [0.1, 0.15) is 44.4 Å². The summed E-state index contributed by atoms with van der Waals surface area (Å²) >= 11 is 0. The van der Waals surface area contributed by atoms with Crippen molar-refractivity contribution in [2.45, 2.75) is 46.2 Å². The topological polar surface area (TPSA) is 75.3 Å². The molecule has 0 aliphatic heterocycles. The van der Waals surface area contributed by atoms with Crippen molar-refractivity contribution in [1.82, 2.24) is 10.0 Å². The molecule has 0 heterocycles. The third kappa shape index (κ3) is 6.15. The Kier molecular flexibility index (Phi) is 6.56. The highest BCUT2D eigenvalue weighted by atomic mass is 32.2. The number of carbonyl (C=O) groups excluding carboxylic acids is 1. The van der Waals surface area contributed by atoms with Crippen LogP contribution in [0, 0.1) is 12.8 Å². The molecule has 1 rings (SSSR count). The van der Waals surface area contributed by atoms with E-state index in [1.807, 2.05) is 31.2 Å². The van der Waals surface area contributed by atoms with E-state index in [-0.39, 0.29) is 11.9 Å². The maximum atomic E-state index is 12.3. The lowest BCUT2D eigenvalue weighted by molar-refractivity contribution is -0.123. The second-order valence-electron chi connectivity index (χ2n) is 6.16. The molecule has 0 spiro atoms. The third-order valence-electron chi connectivity index (χ3n) is 3.37. The molecule has 1 amide bonds. The van der Waals surface area contributed by atoms with Gasteiger partial charge in [-0.1, -0.05) is 38.1 Å². The number of carbonyl (C=O) groups is 1. The van der Waals surface area contributed by atoms with E-state index >= 15 is 0 Å². The van der Waals surface area contributed by atoms with Crippen LogP contribution in [-0.2, 0) is 14.8 Å². The van der Waals surface area contributed by atoms with Crippen LogP contribution in [0.5, 0.6) is 0 Å². The quantitative estimate of drug-likeness (QED) is 0.806. The van der Waals surface area contributed by atoms with Crippen LogP contribution in [0.4, 0.5) is 0 Å². The second kappa shape index (κ2) is 7.74. The number of aryl methyl sites for hydroxylation is 1. The fraction of sp³-hybridized carbons (Fsp3) is 0.562. The molecule has 0 radical (unpaired) electrons. The van der Waals surface area contributed by atoms with Gasteiger partial charge in [0.25, 0.3) is 0 Å². The van der Waals surface area contributed by atoms with Crippen LogP contribution in [0.2, 0.25) is 0 Å². The Morgan fingerprint density at radius 3 is 2.27 bits per heavy atom. The van der Waals surface area contributed by atoms with E-state index in [4.69, 9.17) is 0 Å². The fourth-order valence-corrected chi connectivity index (χ4v) is 3.13. The van der Waals surface area contributed by atoms with Crippen molar-refractivity contribution in [2.75, 3.05) is 6.26 Å². The van der Waals surface area contributed by atoms with Gasteiger partial charge >= 0.3 is 0 Å². The summed E-state index contributed by atoms with van der Waals surface area (Å²) in [6, 6.07) is 6.98. The number of rotatable bonds is 7. The minimum Gasteiger partial charge on any atom is -0.348 e. The number of benzene rings is 1. The molecule has 0 aromatic heterocycles. The minimum atomic E-state index is -3.41. The fourth-order valence-electron chi connectivity index (χ4n) is 2.38. The molecule has 124 valence electrons. The summed E-state index contributed by atoms with van der Waals surface area (Å²) in [6.45, 7) is 7.74. The van der Waals surface area contributed by atoms with Crippen LogP contribution >= 0.6 is 0 Å². The molecule has 0 aliphatic carbocycles. The SMILES string of the molecule is Cc1ccccc1C(CC(C)C)NC(=O)C(C)NS(C)(=O)=O. The zero-order chi connectivity index (χ0) is 16.9. The molecule has 2 unspecified atom stereocenters. The van der Waals surface area contributed by atoms with E-state index < -0.39 is 16.1 Å². The molecule has 0 aliphatic rings. The minimum absolute atomic E-state index is 0.127. The van der Waals surface area contributed by atoms with Crippen LogP contribution in [0.3, 0.4) is 0 Å². The van der Waals surface area contributed by atoms with Gasteiger partial charge in [0.15, 0.2) is 0 Å². The van der Waals surface area contributed by atoms with Crippen LogP contribution in [-0.4, -0.2) is 26.6 Å². The molecule has 2 N–H and O–H groups in total. The van der Waals surface area contributed by atoms with Crippen molar-refractivity contribution in [3.05, 3.63) is 35.4 Å². The Morgan fingerprint density at radius 1 is 1.18 bits per heavy atom. The van der Waals surface area contributed by atoms with Crippen molar-refractivity contribution in [1.29, 1.82) is 0 Å². The standard InChI is InChI=1S/C16H26N2O3S/c1-11(2)10-15(14-9-7-6-8-12(14)3)17-16(19)13(4)18-22(5,20)21/h6-9,11,13,15,18H,10H2,1-5H3,(H,17,19). The van der Waals surface area contributed by atoms with Crippen molar-refractivity contribution in [3.63, 3.8) is 0 Å². The molecule has 0 saturated carbocycles. The average molecular weight is 326 g/mol. The largest absolute Gasteiger partial charge is 0.348 e. The highest BCUT2D eigenvalue weighted by Gasteiger charge is 2.22. The second-order valence-corrected chi connectivity index (χ2v) is 7.94. The Hall–Kier alpha value is -1.40. The van der Waals surface area contributed by atoms with Gasteiger partial charge in [0.05, 0.1) is 18.3 Å². The monoisotopic (exact) mass is 326 g/mol. The van der Waals surface area contributed by atoms with Crippen molar-refractivity contribution in [3.8, 4) is 0 Å². The molecule has 1 aromatic carbocycles. The molecular formula is C16H26N2O3S. The van der Waals surface area contributed by atoms with Crippen LogP contribution in [0.15, 0.2) is 24.3 Å². The molecule has 0 bridgehead atoms. The predicted octanol–water partition coefficient (Wildman–Crippen LogP) is 2.14. The van der Waals surface area contributed by atoms with Crippen LogP contribution < -0.4 is 10.0 Å². The first-order valence-corrected chi connectivity index (χ1v) is 9.32. The maximum Gasteiger partial charge on any atom is 0.238 e. The van der Waals surface area contributed by atoms with Gasteiger partial charge in [0, 0.05) is 0 Å².